The van der Waals surface area contributed by atoms with E-state index in [4.69, 9.17) is 9.47 Å². The molecule has 2 bridgehead atoms. The second-order valence-electron chi connectivity index (χ2n) is 13.1. The van der Waals surface area contributed by atoms with E-state index in [2.05, 4.69) is 50.0 Å². The van der Waals surface area contributed by atoms with E-state index in [1.165, 1.54) is 26.2 Å². The quantitative estimate of drug-likeness (QED) is 0.504. The van der Waals surface area contributed by atoms with Crippen LogP contribution in [0.15, 0.2) is 48.5 Å². The number of carbonyl (C=O) groups excluding carboxylic acids is 1. The largest absolute Gasteiger partial charge is 0.392 e. The Hall–Kier alpha value is -2.25. The molecule has 5 rings (SSSR count). The molecule has 2 heterocycles. The smallest absolute Gasteiger partial charge is 0.217 e. The highest BCUT2D eigenvalue weighted by Crippen LogP contribution is 2.53. The lowest BCUT2D eigenvalue weighted by atomic mass is 9.65. The summed E-state index contributed by atoms with van der Waals surface area (Å²) in [6.45, 7) is 13.7. The van der Waals surface area contributed by atoms with Crippen LogP contribution in [0.2, 0.25) is 0 Å². The van der Waals surface area contributed by atoms with Gasteiger partial charge in [-0.05, 0) is 46.8 Å². The molecule has 6 atom stereocenters. The Bertz CT molecular complexity index is 1120. The van der Waals surface area contributed by atoms with Gasteiger partial charge in [0.25, 0.3) is 0 Å². The highest BCUT2D eigenvalue weighted by molar-refractivity contribution is 5.72. The number of ether oxygens (including phenoxy) is 2. The maximum atomic E-state index is 11.3. The van der Waals surface area contributed by atoms with Gasteiger partial charge in [-0.2, -0.15) is 0 Å². The van der Waals surface area contributed by atoms with Crippen LogP contribution in [0.4, 0.5) is 0 Å². The number of rotatable bonds is 7. The van der Waals surface area contributed by atoms with Gasteiger partial charge >= 0.3 is 0 Å². The van der Waals surface area contributed by atoms with Crippen molar-refractivity contribution in [2.75, 3.05) is 13.1 Å². The lowest BCUT2D eigenvalue weighted by molar-refractivity contribution is -0.276. The molecule has 0 spiro atoms. The Morgan fingerprint density at radius 2 is 1.66 bits per heavy atom. The molecule has 3 aliphatic rings. The van der Waals surface area contributed by atoms with Crippen LogP contribution in [0.5, 0.6) is 0 Å². The summed E-state index contributed by atoms with van der Waals surface area (Å²) in [5, 5.41) is 12.4. The molecule has 2 N–H and O–H groups in total. The number of amides is 1. The van der Waals surface area contributed by atoms with Gasteiger partial charge in [0.05, 0.1) is 18.8 Å². The second kappa shape index (κ2) is 10.7. The predicted octanol–water partition coefficient (Wildman–Crippen LogP) is 5.51. The SMILES string of the molecule is CC(=O)NCc1ccc([C@@H]2O[C@H](CN3CC4(C)CC3CC(C)(C)C4)[C@H](C)[C@H](c3ccc(CO)cc3)O2)cc1. The van der Waals surface area contributed by atoms with Gasteiger partial charge in [-0.1, -0.05) is 76.2 Å². The molecule has 2 aliphatic heterocycles. The molecule has 1 amide bonds. The standard InChI is InChI=1S/C32H44N2O4/c1-21-28(17-34-20-32(5)15-27(34)14-31(3,4)19-32)37-30(26-12-6-23(7-13-26)16-33-22(2)36)38-29(21)25-10-8-24(18-35)9-11-25/h6-13,21,27-30,35H,14-20H2,1-5H3,(H,33,36)/t21-,27?,28+,29+,30+,32?/m0/s1. The minimum Gasteiger partial charge on any atom is -0.392 e. The second-order valence-corrected chi connectivity index (χ2v) is 13.1. The summed E-state index contributed by atoms with van der Waals surface area (Å²) >= 11 is 0. The molecule has 3 fully saturated rings. The molecule has 0 radical (unpaired) electrons. The first kappa shape index (κ1) is 27.3. The number of nitrogens with zero attached hydrogens (tertiary/aromatic N) is 1. The molecule has 2 aromatic carbocycles. The van der Waals surface area contributed by atoms with Crippen molar-refractivity contribution < 1.29 is 19.4 Å². The van der Waals surface area contributed by atoms with E-state index in [-0.39, 0.29) is 30.6 Å². The third-order valence-corrected chi connectivity index (χ3v) is 8.85. The van der Waals surface area contributed by atoms with E-state index >= 15 is 0 Å². The van der Waals surface area contributed by atoms with Gasteiger partial charge in [-0.3, -0.25) is 9.69 Å². The van der Waals surface area contributed by atoms with Crippen LogP contribution in [-0.4, -0.2) is 41.1 Å². The first-order valence-corrected chi connectivity index (χ1v) is 14.1. The Labute approximate surface area is 227 Å². The van der Waals surface area contributed by atoms with E-state index in [0.29, 0.717) is 23.4 Å². The normalized spacial score (nSPS) is 32.7. The molecule has 2 aromatic rings. The number of likely N-dealkylation sites (tertiary alicyclic amines) is 1. The number of hydrogen-bond donors (Lipinski definition) is 2. The molecule has 6 heteroatoms. The summed E-state index contributed by atoms with van der Waals surface area (Å²) in [7, 11) is 0. The van der Waals surface area contributed by atoms with E-state index in [0.717, 1.165) is 35.3 Å². The van der Waals surface area contributed by atoms with Crippen LogP contribution >= 0.6 is 0 Å². The minimum absolute atomic E-state index is 0.0291. The van der Waals surface area contributed by atoms with Crippen molar-refractivity contribution in [1.82, 2.24) is 10.2 Å². The van der Waals surface area contributed by atoms with Gasteiger partial charge in [0.15, 0.2) is 6.29 Å². The monoisotopic (exact) mass is 520 g/mol. The zero-order chi connectivity index (χ0) is 27.1. The topological polar surface area (TPSA) is 71.0 Å². The van der Waals surface area contributed by atoms with Crippen LogP contribution in [0.3, 0.4) is 0 Å². The first-order valence-electron chi connectivity index (χ1n) is 14.1. The molecular formula is C32H44N2O4. The average Bonchev–Trinajstić information content (AvgIpc) is 3.11. The highest BCUT2D eigenvalue weighted by atomic mass is 16.7. The summed E-state index contributed by atoms with van der Waals surface area (Å²) in [4.78, 5) is 14.0. The van der Waals surface area contributed by atoms with Crippen molar-refractivity contribution in [3.05, 3.63) is 70.8 Å². The Morgan fingerprint density at radius 1 is 1.00 bits per heavy atom. The summed E-state index contributed by atoms with van der Waals surface area (Å²) in [5.41, 5.74) is 4.80. The summed E-state index contributed by atoms with van der Waals surface area (Å²) in [6.07, 6.45) is 3.25. The van der Waals surface area contributed by atoms with Gasteiger partial charge in [-0.25, -0.2) is 0 Å². The van der Waals surface area contributed by atoms with Crippen LogP contribution in [0, 0.1) is 16.7 Å². The highest BCUT2D eigenvalue weighted by Gasteiger charge is 2.51. The van der Waals surface area contributed by atoms with Crippen molar-refractivity contribution in [2.45, 2.75) is 91.6 Å². The van der Waals surface area contributed by atoms with Crippen LogP contribution < -0.4 is 5.32 Å². The lowest BCUT2D eigenvalue weighted by Crippen LogP contribution is -2.46. The van der Waals surface area contributed by atoms with Crippen molar-refractivity contribution in [3.8, 4) is 0 Å². The number of benzene rings is 2. The fourth-order valence-electron chi connectivity index (χ4n) is 7.37. The van der Waals surface area contributed by atoms with Gasteiger partial charge < -0.3 is 19.9 Å². The molecule has 1 aliphatic carbocycles. The third-order valence-electron chi connectivity index (χ3n) is 8.85. The van der Waals surface area contributed by atoms with E-state index in [9.17, 15) is 9.90 Å². The van der Waals surface area contributed by atoms with Crippen molar-refractivity contribution >= 4 is 5.91 Å². The number of hydrogen-bond acceptors (Lipinski definition) is 5. The van der Waals surface area contributed by atoms with Crippen LogP contribution in [-0.2, 0) is 27.4 Å². The maximum absolute atomic E-state index is 11.3. The molecule has 6 nitrogen and oxygen atoms in total. The van der Waals surface area contributed by atoms with Gasteiger partial charge in [0.2, 0.25) is 5.91 Å². The minimum atomic E-state index is -0.470. The van der Waals surface area contributed by atoms with E-state index in [1.807, 2.05) is 36.4 Å². The zero-order valence-electron chi connectivity index (χ0n) is 23.6. The third kappa shape index (κ3) is 5.99. The zero-order valence-corrected chi connectivity index (χ0v) is 23.6. The molecule has 1 saturated carbocycles. The Balaban J connectivity index is 1.38. The molecule has 0 aromatic heterocycles. The first-order chi connectivity index (χ1) is 18.0. The number of fused-ring (bicyclic) bond motifs is 2. The van der Waals surface area contributed by atoms with Crippen LogP contribution in [0.1, 0.15) is 88.5 Å². The van der Waals surface area contributed by atoms with Crippen molar-refractivity contribution in [3.63, 3.8) is 0 Å². The molecule has 2 unspecified atom stereocenters. The number of aliphatic hydroxyl groups is 1. The predicted molar refractivity (Wildman–Crippen MR) is 148 cm³/mol. The average molecular weight is 521 g/mol. The van der Waals surface area contributed by atoms with Crippen LogP contribution in [0.25, 0.3) is 0 Å². The van der Waals surface area contributed by atoms with Gasteiger partial charge in [0, 0.05) is 44.1 Å². The van der Waals surface area contributed by atoms with Gasteiger partial charge in [0.1, 0.15) is 0 Å². The van der Waals surface area contributed by atoms with Gasteiger partial charge in [-0.15, -0.1) is 0 Å². The number of aliphatic hydroxyl groups excluding tert-OH is 1. The van der Waals surface area contributed by atoms with Crippen molar-refractivity contribution in [2.24, 2.45) is 16.7 Å². The fraction of sp³-hybridized carbons (Fsp3) is 0.594. The Morgan fingerprint density at radius 3 is 2.32 bits per heavy atom. The molecule has 206 valence electrons. The summed E-state index contributed by atoms with van der Waals surface area (Å²) in [5.74, 6) is 0.134. The molecule has 2 saturated heterocycles. The molecule has 38 heavy (non-hydrogen) atoms. The van der Waals surface area contributed by atoms with Crippen molar-refractivity contribution in [1.29, 1.82) is 0 Å². The maximum Gasteiger partial charge on any atom is 0.217 e. The number of carbonyl (C=O) groups is 1. The lowest BCUT2D eigenvalue weighted by Gasteiger charge is -2.43. The Kier molecular flexibility index (Phi) is 7.71. The number of nitrogens with one attached hydrogen (secondary N) is 1. The fourth-order valence-corrected chi connectivity index (χ4v) is 7.37. The van der Waals surface area contributed by atoms with E-state index in [1.54, 1.807) is 0 Å². The summed E-state index contributed by atoms with van der Waals surface area (Å²) < 4.78 is 13.4. The summed E-state index contributed by atoms with van der Waals surface area (Å²) in [6, 6.07) is 16.9. The molecular weight excluding hydrogens is 476 g/mol. The van der Waals surface area contributed by atoms with E-state index < -0.39 is 6.29 Å².